The highest BCUT2D eigenvalue weighted by atomic mass is 16.3. The summed E-state index contributed by atoms with van der Waals surface area (Å²) in [5, 5.41) is 10.9. The van der Waals surface area contributed by atoms with Gasteiger partial charge in [-0.1, -0.05) is 12.1 Å². The van der Waals surface area contributed by atoms with Gasteiger partial charge in [0.1, 0.15) is 0 Å². The summed E-state index contributed by atoms with van der Waals surface area (Å²) in [7, 11) is 0. The van der Waals surface area contributed by atoms with E-state index in [9.17, 15) is 5.11 Å². The van der Waals surface area contributed by atoms with Crippen LogP contribution in [-0.4, -0.2) is 32.6 Å². The molecule has 0 atom stereocenters. The van der Waals surface area contributed by atoms with Crippen molar-refractivity contribution in [2.24, 2.45) is 0 Å². The number of hydrogen-bond donors (Lipinski definition) is 1. The van der Waals surface area contributed by atoms with Crippen molar-refractivity contribution < 1.29 is 5.11 Å². The number of benzene rings is 1. The molecule has 0 saturated carbocycles. The number of aliphatic hydroxyl groups is 1. The SMILES string of the molecule is OC1(c2ccncc2)CCN(Cc2ccc(-n3cccc3)cc2)CC1. The smallest absolute Gasteiger partial charge is 0.0922 e. The van der Waals surface area contributed by atoms with Crippen LogP contribution in [0.2, 0.25) is 0 Å². The molecule has 0 bridgehead atoms. The van der Waals surface area contributed by atoms with Crippen LogP contribution in [0.5, 0.6) is 0 Å². The molecule has 1 N–H and O–H groups in total. The summed E-state index contributed by atoms with van der Waals surface area (Å²) < 4.78 is 2.11. The van der Waals surface area contributed by atoms with Gasteiger partial charge in [0.25, 0.3) is 0 Å². The molecule has 0 amide bonds. The highest BCUT2D eigenvalue weighted by Gasteiger charge is 2.33. The molecule has 0 spiro atoms. The Kier molecular flexibility index (Phi) is 4.38. The van der Waals surface area contributed by atoms with Crippen molar-refractivity contribution in [3.8, 4) is 5.69 Å². The molecule has 4 rings (SSSR count). The lowest BCUT2D eigenvalue weighted by Crippen LogP contribution is -2.42. The Labute approximate surface area is 148 Å². The third-order valence-electron chi connectivity index (χ3n) is 5.15. The van der Waals surface area contributed by atoms with Crippen LogP contribution < -0.4 is 0 Å². The Morgan fingerprint density at radius 1 is 0.920 bits per heavy atom. The molecule has 128 valence electrons. The number of piperidine rings is 1. The zero-order chi connectivity index (χ0) is 17.1. The summed E-state index contributed by atoms with van der Waals surface area (Å²) in [6.45, 7) is 2.73. The summed E-state index contributed by atoms with van der Waals surface area (Å²) in [6, 6.07) is 16.6. The fourth-order valence-electron chi connectivity index (χ4n) is 3.57. The van der Waals surface area contributed by atoms with Crippen LogP contribution in [0.4, 0.5) is 0 Å². The van der Waals surface area contributed by atoms with Gasteiger partial charge < -0.3 is 9.67 Å². The average molecular weight is 333 g/mol. The highest BCUT2D eigenvalue weighted by molar-refractivity contribution is 5.35. The summed E-state index contributed by atoms with van der Waals surface area (Å²) >= 11 is 0. The maximum absolute atomic E-state index is 10.9. The van der Waals surface area contributed by atoms with Gasteiger partial charge in [-0.05, 0) is 60.4 Å². The van der Waals surface area contributed by atoms with Gasteiger partial charge in [-0.2, -0.15) is 0 Å². The van der Waals surface area contributed by atoms with Crippen molar-refractivity contribution in [1.29, 1.82) is 0 Å². The molecule has 1 aliphatic heterocycles. The van der Waals surface area contributed by atoms with Crippen molar-refractivity contribution in [1.82, 2.24) is 14.5 Å². The minimum absolute atomic E-state index is 0.711. The third-order valence-corrected chi connectivity index (χ3v) is 5.15. The first-order chi connectivity index (χ1) is 12.2. The second-order valence-corrected chi connectivity index (χ2v) is 6.80. The van der Waals surface area contributed by atoms with Crippen molar-refractivity contribution >= 4 is 0 Å². The van der Waals surface area contributed by atoms with Crippen LogP contribution in [0.25, 0.3) is 5.69 Å². The Morgan fingerprint density at radius 3 is 2.20 bits per heavy atom. The maximum Gasteiger partial charge on any atom is 0.0922 e. The minimum Gasteiger partial charge on any atom is -0.385 e. The van der Waals surface area contributed by atoms with E-state index < -0.39 is 5.60 Å². The van der Waals surface area contributed by atoms with Crippen molar-refractivity contribution in [2.45, 2.75) is 25.0 Å². The van der Waals surface area contributed by atoms with Crippen LogP contribution in [0.1, 0.15) is 24.0 Å². The standard InChI is InChI=1S/C21H23N3O/c25-21(19-7-11-22-12-8-19)9-15-23(16-10-21)17-18-3-5-20(6-4-18)24-13-1-2-14-24/h1-8,11-14,25H,9-10,15-17H2. The number of likely N-dealkylation sites (tertiary alicyclic amines) is 1. The second-order valence-electron chi connectivity index (χ2n) is 6.80. The normalized spacial score (nSPS) is 17.5. The first-order valence-electron chi connectivity index (χ1n) is 8.80. The van der Waals surface area contributed by atoms with Gasteiger partial charge >= 0.3 is 0 Å². The number of aromatic nitrogens is 2. The zero-order valence-electron chi connectivity index (χ0n) is 14.3. The molecule has 2 aromatic heterocycles. The lowest BCUT2D eigenvalue weighted by Gasteiger charge is -2.38. The van der Waals surface area contributed by atoms with Crippen LogP contribution >= 0.6 is 0 Å². The van der Waals surface area contributed by atoms with E-state index in [4.69, 9.17) is 0 Å². The minimum atomic E-state index is -0.711. The first-order valence-corrected chi connectivity index (χ1v) is 8.80. The van der Waals surface area contributed by atoms with Crippen molar-refractivity contribution in [3.63, 3.8) is 0 Å². The van der Waals surface area contributed by atoms with Gasteiger partial charge in [-0.15, -0.1) is 0 Å². The molecular formula is C21H23N3O. The number of pyridine rings is 1. The van der Waals surface area contributed by atoms with Crippen LogP contribution in [0.3, 0.4) is 0 Å². The molecule has 3 heterocycles. The van der Waals surface area contributed by atoms with E-state index >= 15 is 0 Å². The van der Waals surface area contributed by atoms with Gasteiger partial charge in [0.2, 0.25) is 0 Å². The van der Waals surface area contributed by atoms with E-state index in [1.54, 1.807) is 12.4 Å². The van der Waals surface area contributed by atoms with Gasteiger partial charge in [-0.25, -0.2) is 0 Å². The average Bonchev–Trinajstić information content (AvgIpc) is 3.20. The Hall–Kier alpha value is -2.43. The predicted octanol–water partition coefficient (Wildman–Crippen LogP) is 3.36. The van der Waals surface area contributed by atoms with Crippen LogP contribution in [0.15, 0.2) is 73.3 Å². The van der Waals surface area contributed by atoms with Crippen LogP contribution in [0, 0.1) is 0 Å². The molecule has 0 unspecified atom stereocenters. The van der Waals surface area contributed by atoms with Crippen LogP contribution in [-0.2, 0) is 12.1 Å². The van der Waals surface area contributed by atoms with Crippen molar-refractivity contribution in [2.75, 3.05) is 13.1 Å². The molecule has 1 saturated heterocycles. The summed E-state index contributed by atoms with van der Waals surface area (Å²) in [4.78, 5) is 6.46. The molecule has 3 aromatic rings. The van der Waals surface area contributed by atoms with Gasteiger partial charge in [0.05, 0.1) is 5.60 Å². The largest absolute Gasteiger partial charge is 0.385 e. The Balaban J connectivity index is 1.37. The lowest BCUT2D eigenvalue weighted by molar-refractivity contribution is -0.0278. The van der Waals surface area contributed by atoms with E-state index in [1.165, 1.54) is 11.3 Å². The van der Waals surface area contributed by atoms with E-state index in [0.29, 0.717) is 0 Å². The molecule has 4 nitrogen and oxygen atoms in total. The third kappa shape index (κ3) is 3.50. The summed E-state index contributed by atoms with van der Waals surface area (Å²) in [5.74, 6) is 0. The number of hydrogen-bond acceptors (Lipinski definition) is 3. The second kappa shape index (κ2) is 6.82. The molecule has 0 aliphatic carbocycles. The van der Waals surface area contributed by atoms with E-state index in [2.05, 4.69) is 51.1 Å². The summed E-state index contributed by atoms with van der Waals surface area (Å²) in [6.07, 6.45) is 9.15. The maximum atomic E-state index is 10.9. The van der Waals surface area contributed by atoms with Gasteiger partial charge in [-0.3, -0.25) is 9.88 Å². The fourth-order valence-corrected chi connectivity index (χ4v) is 3.57. The molecular weight excluding hydrogens is 310 g/mol. The van der Waals surface area contributed by atoms with Crippen molar-refractivity contribution in [3.05, 3.63) is 84.4 Å². The van der Waals surface area contributed by atoms with E-state index in [0.717, 1.165) is 38.0 Å². The number of rotatable bonds is 4. The fraction of sp³-hybridized carbons (Fsp3) is 0.286. The first kappa shape index (κ1) is 16.1. The highest BCUT2D eigenvalue weighted by Crippen LogP contribution is 2.32. The summed E-state index contributed by atoms with van der Waals surface area (Å²) in [5.41, 5.74) is 2.76. The molecule has 1 aliphatic rings. The molecule has 4 heteroatoms. The Morgan fingerprint density at radius 2 is 1.56 bits per heavy atom. The lowest BCUT2D eigenvalue weighted by atomic mass is 9.85. The quantitative estimate of drug-likeness (QED) is 0.796. The van der Waals surface area contributed by atoms with Gasteiger partial charge in [0, 0.05) is 50.1 Å². The molecule has 1 fully saturated rings. The Bertz CT molecular complexity index is 789. The monoisotopic (exact) mass is 333 g/mol. The topological polar surface area (TPSA) is 41.3 Å². The number of nitrogens with zero attached hydrogens (tertiary/aromatic N) is 3. The predicted molar refractivity (Wildman–Crippen MR) is 98.4 cm³/mol. The molecule has 1 aromatic carbocycles. The molecule has 25 heavy (non-hydrogen) atoms. The zero-order valence-corrected chi connectivity index (χ0v) is 14.3. The molecule has 0 radical (unpaired) electrons. The van der Waals surface area contributed by atoms with E-state index in [-0.39, 0.29) is 0 Å². The van der Waals surface area contributed by atoms with E-state index in [1.807, 2.05) is 24.3 Å². The van der Waals surface area contributed by atoms with Gasteiger partial charge in [0.15, 0.2) is 0 Å².